The normalized spacial score (nSPS) is 11.0. The van der Waals surface area contributed by atoms with Crippen LogP contribution in [-0.2, 0) is 4.74 Å². The first-order chi connectivity index (χ1) is 9.29. The number of thiophene rings is 1. The van der Waals surface area contributed by atoms with Crippen LogP contribution in [0.4, 0.5) is 4.79 Å². The molecule has 0 atom stereocenters. The summed E-state index contributed by atoms with van der Waals surface area (Å²) >= 11 is 1.43. The monoisotopic (exact) mass is 298 g/mol. The molecule has 0 spiro atoms. The average molecular weight is 298 g/mol. The van der Waals surface area contributed by atoms with Crippen molar-refractivity contribution in [1.82, 2.24) is 10.2 Å². The lowest BCUT2D eigenvalue weighted by molar-refractivity contribution is 0.0526. The third-order valence-corrected chi connectivity index (χ3v) is 3.28. The number of rotatable bonds is 5. The highest BCUT2D eigenvalue weighted by Gasteiger charge is 2.16. The van der Waals surface area contributed by atoms with Crippen LogP contribution in [-0.4, -0.2) is 42.6 Å². The summed E-state index contributed by atoms with van der Waals surface area (Å²) in [6, 6.07) is 3.66. The predicted molar refractivity (Wildman–Crippen MR) is 80.1 cm³/mol. The second-order valence-corrected chi connectivity index (χ2v) is 6.43. The molecule has 0 saturated heterocycles. The van der Waals surface area contributed by atoms with E-state index in [0.717, 1.165) is 4.88 Å². The Morgan fingerprint density at radius 1 is 1.40 bits per heavy atom. The second kappa shape index (κ2) is 7.28. The van der Waals surface area contributed by atoms with Crippen molar-refractivity contribution in [1.29, 1.82) is 0 Å². The Hall–Kier alpha value is -1.56. The second-order valence-electron chi connectivity index (χ2n) is 5.49. The lowest BCUT2D eigenvalue weighted by atomic mass is 10.2. The summed E-state index contributed by atoms with van der Waals surface area (Å²) in [7, 11) is 1.76. The molecule has 0 fully saturated rings. The first-order valence-corrected chi connectivity index (χ1v) is 7.43. The molecule has 112 valence electrons. The number of amides is 2. The van der Waals surface area contributed by atoms with E-state index in [-0.39, 0.29) is 5.91 Å². The molecule has 6 heteroatoms. The molecule has 0 radical (unpaired) electrons. The first kappa shape index (κ1) is 16.5. The van der Waals surface area contributed by atoms with Crippen LogP contribution in [0.25, 0.3) is 0 Å². The smallest absolute Gasteiger partial charge is 0.407 e. The fourth-order valence-corrected chi connectivity index (χ4v) is 2.23. The van der Waals surface area contributed by atoms with Crippen LogP contribution in [0.3, 0.4) is 0 Å². The fourth-order valence-electron chi connectivity index (χ4n) is 1.51. The predicted octanol–water partition coefficient (Wildman–Crippen LogP) is 2.73. The SMILES string of the molecule is CN(CCCNC(=O)OC(C)(C)C)C(=O)c1cccs1. The fraction of sp³-hybridized carbons (Fsp3) is 0.571. The van der Waals surface area contributed by atoms with Gasteiger partial charge in [0.15, 0.2) is 0 Å². The van der Waals surface area contributed by atoms with Gasteiger partial charge in [-0.2, -0.15) is 0 Å². The van der Waals surface area contributed by atoms with Crippen LogP contribution in [0.5, 0.6) is 0 Å². The van der Waals surface area contributed by atoms with Crippen LogP contribution in [0, 0.1) is 0 Å². The molecule has 1 N–H and O–H groups in total. The lowest BCUT2D eigenvalue weighted by Gasteiger charge is -2.20. The van der Waals surface area contributed by atoms with Gasteiger partial charge >= 0.3 is 6.09 Å². The van der Waals surface area contributed by atoms with Crippen molar-refractivity contribution in [3.05, 3.63) is 22.4 Å². The number of ether oxygens (including phenoxy) is 1. The van der Waals surface area contributed by atoms with Gasteiger partial charge in [0, 0.05) is 20.1 Å². The zero-order chi connectivity index (χ0) is 15.2. The van der Waals surface area contributed by atoms with Crippen molar-refractivity contribution in [2.75, 3.05) is 20.1 Å². The van der Waals surface area contributed by atoms with Gasteiger partial charge in [-0.05, 0) is 38.6 Å². The molecule has 2 amide bonds. The molecule has 0 saturated carbocycles. The van der Waals surface area contributed by atoms with Crippen LogP contribution in [0.15, 0.2) is 17.5 Å². The number of alkyl carbamates (subject to hydrolysis) is 1. The molecule has 1 rings (SSSR count). The van der Waals surface area contributed by atoms with Gasteiger partial charge in [0.05, 0.1) is 4.88 Å². The third kappa shape index (κ3) is 6.06. The molecule has 1 aromatic heterocycles. The summed E-state index contributed by atoms with van der Waals surface area (Å²) in [4.78, 5) is 25.7. The summed E-state index contributed by atoms with van der Waals surface area (Å²) in [5, 5.41) is 4.55. The summed E-state index contributed by atoms with van der Waals surface area (Å²) in [5.74, 6) is 0.0114. The van der Waals surface area contributed by atoms with Gasteiger partial charge in [-0.25, -0.2) is 4.79 Å². The minimum atomic E-state index is -0.490. The molecule has 0 unspecified atom stereocenters. The van der Waals surface area contributed by atoms with E-state index in [0.29, 0.717) is 19.5 Å². The Bertz CT molecular complexity index is 438. The molecular weight excluding hydrogens is 276 g/mol. The van der Waals surface area contributed by atoms with Crippen molar-refractivity contribution in [2.45, 2.75) is 32.8 Å². The summed E-state index contributed by atoms with van der Waals surface area (Å²) in [5.41, 5.74) is -0.490. The van der Waals surface area contributed by atoms with Gasteiger partial charge in [-0.1, -0.05) is 6.07 Å². The van der Waals surface area contributed by atoms with Gasteiger partial charge in [-0.15, -0.1) is 11.3 Å². The first-order valence-electron chi connectivity index (χ1n) is 6.55. The minimum absolute atomic E-state index is 0.0114. The van der Waals surface area contributed by atoms with Gasteiger partial charge in [0.25, 0.3) is 5.91 Å². The van der Waals surface area contributed by atoms with Crippen molar-refractivity contribution in [3.8, 4) is 0 Å². The Labute approximate surface area is 123 Å². The summed E-state index contributed by atoms with van der Waals surface area (Å²) < 4.78 is 5.12. The molecule has 0 aliphatic rings. The zero-order valence-electron chi connectivity index (χ0n) is 12.4. The van der Waals surface area contributed by atoms with Gasteiger partial charge in [0.1, 0.15) is 5.60 Å². The van der Waals surface area contributed by atoms with Crippen molar-refractivity contribution >= 4 is 23.3 Å². The highest BCUT2D eigenvalue weighted by molar-refractivity contribution is 7.12. The number of carbonyl (C=O) groups is 2. The molecule has 0 bridgehead atoms. The molecule has 5 nitrogen and oxygen atoms in total. The van der Waals surface area contributed by atoms with Crippen molar-refractivity contribution in [2.24, 2.45) is 0 Å². The summed E-state index contributed by atoms with van der Waals surface area (Å²) in [6.45, 7) is 6.53. The highest BCUT2D eigenvalue weighted by Crippen LogP contribution is 2.11. The van der Waals surface area contributed by atoms with Crippen LogP contribution in [0.2, 0.25) is 0 Å². The van der Waals surface area contributed by atoms with E-state index in [1.165, 1.54) is 11.3 Å². The van der Waals surface area contributed by atoms with Crippen LogP contribution < -0.4 is 5.32 Å². The molecule has 1 aromatic rings. The van der Waals surface area contributed by atoms with E-state index >= 15 is 0 Å². The van der Waals surface area contributed by atoms with E-state index in [1.54, 1.807) is 11.9 Å². The van der Waals surface area contributed by atoms with E-state index in [4.69, 9.17) is 4.74 Å². The van der Waals surface area contributed by atoms with E-state index < -0.39 is 11.7 Å². The van der Waals surface area contributed by atoms with Gasteiger partial charge in [0.2, 0.25) is 0 Å². The highest BCUT2D eigenvalue weighted by atomic mass is 32.1. The average Bonchev–Trinajstić information content (AvgIpc) is 2.84. The number of hydrogen-bond donors (Lipinski definition) is 1. The Kier molecular flexibility index (Phi) is 6.01. The van der Waals surface area contributed by atoms with E-state index in [9.17, 15) is 9.59 Å². The number of nitrogens with one attached hydrogen (secondary N) is 1. The van der Waals surface area contributed by atoms with Crippen molar-refractivity contribution < 1.29 is 14.3 Å². The number of hydrogen-bond acceptors (Lipinski definition) is 4. The topological polar surface area (TPSA) is 58.6 Å². The van der Waals surface area contributed by atoms with Crippen LogP contribution >= 0.6 is 11.3 Å². The summed E-state index contributed by atoms with van der Waals surface area (Å²) in [6.07, 6.45) is 0.261. The maximum absolute atomic E-state index is 11.9. The Balaban J connectivity index is 2.21. The molecule has 0 aromatic carbocycles. The van der Waals surface area contributed by atoms with Crippen LogP contribution in [0.1, 0.15) is 36.9 Å². The maximum Gasteiger partial charge on any atom is 0.407 e. The number of carbonyl (C=O) groups excluding carboxylic acids is 2. The largest absolute Gasteiger partial charge is 0.444 e. The number of nitrogens with zero attached hydrogens (tertiary/aromatic N) is 1. The molecule has 20 heavy (non-hydrogen) atoms. The third-order valence-electron chi connectivity index (χ3n) is 2.42. The standard InChI is InChI=1S/C14H22N2O3S/c1-14(2,3)19-13(18)15-8-6-9-16(4)12(17)11-7-5-10-20-11/h5,7,10H,6,8-9H2,1-4H3,(H,15,18). The molecule has 0 aliphatic heterocycles. The van der Waals surface area contributed by atoms with Crippen molar-refractivity contribution in [3.63, 3.8) is 0 Å². The van der Waals surface area contributed by atoms with E-state index in [2.05, 4.69) is 5.32 Å². The molecule has 0 aliphatic carbocycles. The minimum Gasteiger partial charge on any atom is -0.444 e. The maximum atomic E-state index is 11.9. The quantitative estimate of drug-likeness (QED) is 0.850. The zero-order valence-corrected chi connectivity index (χ0v) is 13.3. The van der Waals surface area contributed by atoms with E-state index in [1.807, 2.05) is 38.3 Å². The Morgan fingerprint density at radius 3 is 2.65 bits per heavy atom. The molecular formula is C14H22N2O3S. The van der Waals surface area contributed by atoms with Gasteiger partial charge in [-0.3, -0.25) is 4.79 Å². The lowest BCUT2D eigenvalue weighted by Crippen LogP contribution is -2.35. The van der Waals surface area contributed by atoms with Gasteiger partial charge < -0.3 is 15.0 Å². The Morgan fingerprint density at radius 2 is 2.10 bits per heavy atom. The molecule has 1 heterocycles.